The quantitative estimate of drug-likeness (QED) is 0.587. The Morgan fingerprint density at radius 3 is 2.74 bits per heavy atom. The van der Waals surface area contributed by atoms with Crippen molar-refractivity contribution in [2.45, 2.75) is 13.3 Å². The summed E-state index contributed by atoms with van der Waals surface area (Å²) in [5.74, 6) is -0.868. The molecule has 0 atom stereocenters. The van der Waals surface area contributed by atoms with E-state index in [9.17, 15) is 14.9 Å². The molecule has 0 amide bonds. The Balaban J connectivity index is 3.23. The van der Waals surface area contributed by atoms with Gasteiger partial charge in [0.1, 0.15) is 6.54 Å². The van der Waals surface area contributed by atoms with Crippen LogP contribution in [0.15, 0.2) is 12.1 Å². The molecule has 0 aliphatic carbocycles. The van der Waals surface area contributed by atoms with Gasteiger partial charge in [0.15, 0.2) is 0 Å². The lowest BCUT2D eigenvalue weighted by Gasteiger charge is -2.20. The highest BCUT2D eigenvalue weighted by Gasteiger charge is 2.23. The molecule has 1 N–H and O–H groups in total. The first-order valence-corrected chi connectivity index (χ1v) is 5.65. The van der Waals surface area contributed by atoms with Crippen molar-refractivity contribution in [1.29, 1.82) is 0 Å². The zero-order valence-corrected chi connectivity index (χ0v) is 10.7. The van der Waals surface area contributed by atoms with Crippen LogP contribution in [0.1, 0.15) is 13.3 Å². The molecule has 0 saturated heterocycles. The molecule has 0 radical (unpaired) electrons. The van der Waals surface area contributed by atoms with Gasteiger partial charge < -0.3 is 14.7 Å². The molecule has 8 nitrogen and oxygen atoms in total. The number of ether oxygens (including phenoxy) is 1. The Hall–Kier alpha value is -2.38. The van der Waals surface area contributed by atoms with E-state index in [-0.39, 0.29) is 23.9 Å². The third kappa shape index (κ3) is 3.80. The predicted molar refractivity (Wildman–Crippen MR) is 67.6 cm³/mol. The second kappa shape index (κ2) is 6.53. The lowest BCUT2D eigenvalue weighted by molar-refractivity contribution is -0.384. The fourth-order valence-electron chi connectivity index (χ4n) is 1.61. The van der Waals surface area contributed by atoms with Gasteiger partial charge in [-0.1, -0.05) is 6.92 Å². The minimum atomic E-state index is -1.08. The van der Waals surface area contributed by atoms with Crippen LogP contribution in [0.2, 0.25) is 0 Å². The van der Waals surface area contributed by atoms with Gasteiger partial charge in [-0.15, -0.1) is 0 Å². The molecule has 1 aromatic heterocycles. The fourth-order valence-corrected chi connectivity index (χ4v) is 1.61. The average Bonchev–Trinajstić information content (AvgIpc) is 2.36. The summed E-state index contributed by atoms with van der Waals surface area (Å²) in [6.45, 7) is 1.85. The molecule has 19 heavy (non-hydrogen) atoms. The summed E-state index contributed by atoms with van der Waals surface area (Å²) in [6, 6.07) is 2.62. The van der Waals surface area contributed by atoms with Crippen LogP contribution in [0.4, 0.5) is 11.5 Å². The van der Waals surface area contributed by atoms with E-state index in [4.69, 9.17) is 9.84 Å². The lowest BCUT2D eigenvalue weighted by Crippen LogP contribution is -2.31. The highest BCUT2D eigenvalue weighted by atomic mass is 16.6. The molecule has 0 fully saturated rings. The second-order valence-corrected chi connectivity index (χ2v) is 3.77. The van der Waals surface area contributed by atoms with E-state index >= 15 is 0 Å². The van der Waals surface area contributed by atoms with Gasteiger partial charge in [-0.05, 0) is 6.42 Å². The number of carboxylic acids is 1. The number of carbonyl (C=O) groups is 1. The van der Waals surface area contributed by atoms with Gasteiger partial charge in [0, 0.05) is 18.7 Å². The molecule has 0 saturated carbocycles. The summed E-state index contributed by atoms with van der Waals surface area (Å²) >= 11 is 0. The standard InChI is InChI=1S/C11H15N3O5/c1-3-6-13(7-10(15)16)11-8(14(17)18)4-5-9(12-11)19-2/h4-5H,3,6-7H2,1-2H3,(H,15,16). The number of anilines is 1. The summed E-state index contributed by atoms with van der Waals surface area (Å²) in [5, 5.41) is 19.8. The minimum Gasteiger partial charge on any atom is -0.481 e. The van der Waals surface area contributed by atoms with Gasteiger partial charge >= 0.3 is 11.7 Å². The van der Waals surface area contributed by atoms with E-state index in [0.717, 1.165) is 0 Å². The van der Waals surface area contributed by atoms with Gasteiger partial charge in [0.2, 0.25) is 11.7 Å². The van der Waals surface area contributed by atoms with Gasteiger partial charge in [0.25, 0.3) is 0 Å². The summed E-state index contributed by atoms with van der Waals surface area (Å²) in [5.41, 5.74) is -0.240. The number of hydrogen-bond donors (Lipinski definition) is 1. The zero-order chi connectivity index (χ0) is 14.4. The number of aromatic nitrogens is 1. The van der Waals surface area contributed by atoms with Crippen molar-refractivity contribution in [3.63, 3.8) is 0 Å². The van der Waals surface area contributed by atoms with E-state index in [1.165, 1.54) is 24.1 Å². The molecule has 0 aliphatic rings. The molecule has 1 aromatic rings. The molecule has 0 bridgehead atoms. The number of carboxylic acid groups (broad SMARTS) is 1. The number of methoxy groups -OCH3 is 1. The lowest BCUT2D eigenvalue weighted by atomic mass is 10.3. The summed E-state index contributed by atoms with van der Waals surface area (Å²) in [7, 11) is 1.39. The van der Waals surface area contributed by atoms with E-state index < -0.39 is 10.9 Å². The van der Waals surface area contributed by atoms with Gasteiger partial charge in [-0.2, -0.15) is 4.98 Å². The molecule has 1 heterocycles. The van der Waals surface area contributed by atoms with Gasteiger partial charge in [-0.25, -0.2) is 0 Å². The Morgan fingerprint density at radius 1 is 1.58 bits per heavy atom. The second-order valence-electron chi connectivity index (χ2n) is 3.77. The largest absolute Gasteiger partial charge is 0.481 e. The Labute approximate surface area is 109 Å². The van der Waals surface area contributed by atoms with Crippen LogP contribution >= 0.6 is 0 Å². The minimum absolute atomic E-state index is 0.00796. The fraction of sp³-hybridized carbons (Fsp3) is 0.455. The van der Waals surface area contributed by atoms with Crippen molar-refractivity contribution in [2.75, 3.05) is 25.1 Å². The van der Waals surface area contributed by atoms with Gasteiger partial charge in [-0.3, -0.25) is 14.9 Å². The number of nitrogens with zero attached hydrogens (tertiary/aromatic N) is 3. The van der Waals surface area contributed by atoms with E-state index in [1.54, 1.807) is 0 Å². The number of nitro groups is 1. The van der Waals surface area contributed by atoms with Crippen molar-refractivity contribution in [3.05, 3.63) is 22.2 Å². The Bertz CT molecular complexity index is 477. The molecule has 1 rings (SSSR count). The Kier molecular flexibility index (Phi) is 5.04. The van der Waals surface area contributed by atoms with Crippen molar-refractivity contribution in [2.24, 2.45) is 0 Å². The third-order valence-corrected chi connectivity index (χ3v) is 2.35. The summed E-state index contributed by atoms with van der Waals surface area (Å²) < 4.78 is 4.92. The average molecular weight is 269 g/mol. The first-order chi connectivity index (χ1) is 8.99. The van der Waals surface area contributed by atoms with Crippen molar-refractivity contribution in [1.82, 2.24) is 4.98 Å². The molecule has 0 aromatic carbocycles. The van der Waals surface area contributed by atoms with Crippen LogP contribution in [0.25, 0.3) is 0 Å². The van der Waals surface area contributed by atoms with Crippen LogP contribution in [0.5, 0.6) is 5.88 Å². The highest BCUT2D eigenvalue weighted by Crippen LogP contribution is 2.28. The SMILES string of the molecule is CCCN(CC(=O)O)c1nc(OC)ccc1[N+](=O)[O-]. The van der Waals surface area contributed by atoms with Crippen LogP contribution in [0, 0.1) is 10.1 Å². The van der Waals surface area contributed by atoms with E-state index in [2.05, 4.69) is 4.98 Å². The van der Waals surface area contributed by atoms with Crippen LogP contribution in [-0.2, 0) is 4.79 Å². The molecule has 104 valence electrons. The number of pyridine rings is 1. The summed E-state index contributed by atoms with van der Waals surface area (Å²) in [4.78, 5) is 26.5. The maximum atomic E-state index is 11.0. The van der Waals surface area contributed by atoms with Gasteiger partial charge in [0.05, 0.1) is 12.0 Å². The van der Waals surface area contributed by atoms with E-state index in [1.807, 2.05) is 6.92 Å². The highest BCUT2D eigenvalue weighted by molar-refractivity contribution is 5.75. The zero-order valence-electron chi connectivity index (χ0n) is 10.7. The molecular formula is C11H15N3O5. The van der Waals surface area contributed by atoms with Crippen molar-refractivity contribution < 1.29 is 19.6 Å². The molecule has 0 aliphatic heterocycles. The topological polar surface area (TPSA) is 106 Å². The smallest absolute Gasteiger partial charge is 0.323 e. The number of aliphatic carboxylic acids is 1. The third-order valence-electron chi connectivity index (χ3n) is 2.35. The number of hydrogen-bond acceptors (Lipinski definition) is 6. The summed E-state index contributed by atoms with van der Waals surface area (Å²) in [6.07, 6.45) is 0.642. The maximum Gasteiger partial charge on any atom is 0.323 e. The monoisotopic (exact) mass is 269 g/mol. The van der Waals surface area contributed by atoms with Crippen LogP contribution < -0.4 is 9.64 Å². The van der Waals surface area contributed by atoms with E-state index in [0.29, 0.717) is 13.0 Å². The normalized spacial score (nSPS) is 10.0. The molecular weight excluding hydrogens is 254 g/mol. The van der Waals surface area contributed by atoms with Crippen LogP contribution in [-0.4, -0.2) is 41.2 Å². The number of rotatable bonds is 7. The predicted octanol–water partition coefficient (Wildman–Crippen LogP) is 1.30. The molecule has 0 unspecified atom stereocenters. The molecule has 8 heteroatoms. The Morgan fingerprint density at radius 2 is 2.26 bits per heavy atom. The first-order valence-electron chi connectivity index (χ1n) is 5.65. The van der Waals surface area contributed by atoms with Crippen LogP contribution in [0.3, 0.4) is 0 Å². The van der Waals surface area contributed by atoms with Crippen molar-refractivity contribution in [3.8, 4) is 5.88 Å². The first kappa shape index (κ1) is 14.7. The maximum absolute atomic E-state index is 11.0. The molecule has 0 spiro atoms. The van der Waals surface area contributed by atoms with Crippen molar-refractivity contribution >= 4 is 17.5 Å².